The lowest BCUT2D eigenvalue weighted by Crippen LogP contribution is -2.36. The van der Waals surface area contributed by atoms with Gasteiger partial charge in [-0.1, -0.05) is 34.1 Å². The van der Waals surface area contributed by atoms with Gasteiger partial charge < -0.3 is 20.1 Å². The average molecular weight is 392 g/mol. The molecule has 0 saturated carbocycles. The maximum atomic E-state index is 5.39. The summed E-state index contributed by atoms with van der Waals surface area (Å²) in [6, 6.07) is 13.8. The predicted molar refractivity (Wildman–Crippen MR) is 101 cm³/mol. The monoisotopic (exact) mass is 391 g/mol. The zero-order chi connectivity index (χ0) is 17.4. The van der Waals surface area contributed by atoms with E-state index in [1.807, 2.05) is 42.5 Å². The van der Waals surface area contributed by atoms with Crippen molar-refractivity contribution in [2.24, 2.45) is 4.99 Å². The first-order chi connectivity index (χ1) is 11.7. The fourth-order valence-electron chi connectivity index (χ4n) is 2.31. The highest BCUT2D eigenvalue weighted by atomic mass is 79.9. The van der Waals surface area contributed by atoms with E-state index in [-0.39, 0.29) is 0 Å². The van der Waals surface area contributed by atoms with E-state index in [4.69, 9.17) is 9.47 Å². The summed E-state index contributed by atoms with van der Waals surface area (Å²) in [6.45, 7) is 1.23. The summed E-state index contributed by atoms with van der Waals surface area (Å²) in [5.74, 6) is 2.41. The molecule has 5 nitrogen and oxygen atoms in total. The SMILES string of the molecule is CN=C(NCc1ccccc1OC)NCc1cc(Br)ccc1OC. The highest BCUT2D eigenvalue weighted by Gasteiger charge is 2.06. The van der Waals surface area contributed by atoms with Crippen molar-refractivity contribution in [2.45, 2.75) is 13.1 Å². The van der Waals surface area contributed by atoms with Gasteiger partial charge in [0.15, 0.2) is 5.96 Å². The molecule has 24 heavy (non-hydrogen) atoms. The molecular weight excluding hydrogens is 370 g/mol. The zero-order valence-electron chi connectivity index (χ0n) is 14.1. The van der Waals surface area contributed by atoms with Crippen LogP contribution < -0.4 is 20.1 Å². The van der Waals surface area contributed by atoms with Crippen LogP contribution in [-0.2, 0) is 13.1 Å². The quantitative estimate of drug-likeness (QED) is 0.585. The summed E-state index contributed by atoms with van der Waals surface area (Å²) in [5, 5.41) is 6.58. The number of ether oxygens (including phenoxy) is 2. The van der Waals surface area contributed by atoms with Gasteiger partial charge in [0, 0.05) is 35.7 Å². The van der Waals surface area contributed by atoms with Crippen LogP contribution in [0.2, 0.25) is 0 Å². The van der Waals surface area contributed by atoms with E-state index in [1.165, 1.54) is 0 Å². The maximum Gasteiger partial charge on any atom is 0.191 e. The molecule has 0 unspecified atom stereocenters. The third-order valence-electron chi connectivity index (χ3n) is 3.55. The number of rotatable bonds is 6. The Morgan fingerprint density at radius 2 is 1.58 bits per heavy atom. The van der Waals surface area contributed by atoms with Crippen LogP contribution in [0.15, 0.2) is 51.9 Å². The molecule has 0 saturated heterocycles. The Bertz CT molecular complexity index is 704. The van der Waals surface area contributed by atoms with E-state index in [0.717, 1.165) is 27.1 Å². The Labute approximate surface area is 151 Å². The van der Waals surface area contributed by atoms with Gasteiger partial charge in [0.1, 0.15) is 11.5 Å². The lowest BCUT2D eigenvalue weighted by molar-refractivity contribution is 0.408. The Morgan fingerprint density at radius 3 is 2.25 bits per heavy atom. The van der Waals surface area contributed by atoms with Crippen molar-refractivity contribution >= 4 is 21.9 Å². The summed E-state index contributed by atoms with van der Waals surface area (Å²) in [5.41, 5.74) is 2.12. The van der Waals surface area contributed by atoms with Crippen molar-refractivity contribution in [3.8, 4) is 11.5 Å². The van der Waals surface area contributed by atoms with Crippen molar-refractivity contribution in [3.05, 3.63) is 58.1 Å². The van der Waals surface area contributed by atoms with Crippen molar-refractivity contribution in [1.82, 2.24) is 10.6 Å². The number of guanidine groups is 1. The van der Waals surface area contributed by atoms with Crippen molar-refractivity contribution in [1.29, 1.82) is 0 Å². The molecule has 0 aromatic heterocycles. The number of methoxy groups -OCH3 is 2. The van der Waals surface area contributed by atoms with Crippen molar-refractivity contribution in [3.63, 3.8) is 0 Å². The highest BCUT2D eigenvalue weighted by Crippen LogP contribution is 2.22. The van der Waals surface area contributed by atoms with Gasteiger partial charge in [0.2, 0.25) is 0 Å². The first kappa shape index (κ1) is 18.1. The van der Waals surface area contributed by atoms with E-state index >= 15 is 0 Å². The van der Waals surface area contributed by atoms with Crippen LogP contribution in [0, 0.1) is 0 Å². The number of hydrogen-bond acceptors (Lipinski definition) is 3. The minimum atomic E-state index is 0.605. The van der Waals surface area contributed by atoms with Crippen LogP contribution >= 0.6 is 15.9 Å². The average Bonchev–Trinajstić information content (AvgIpc) is 2.62. The first-order valence-electron chi connectivity index (χ1n) is 7.56. The number of benzene rings is 2. The first-order valence-corrected chi connectivity index (χ1v) is 8.36. The van der Waals surface area contributed by atoms with Crippen molar-refractivity contribution in [2.75, 3.05) is 21.3 Å². The second-order valence-corrected chi connectivity index (χ2v) is 5.96. The molecule has 2 N–H and O–H groups in total. The van der Waals surface area contributed by atoms with E-state index < -0.39 is 0 Å². The minimum Gasteiger partial charge on any atom is -0.496 e. The number of nitrogens with zero attached hydrogens (tertiary/aromatic N) is 1. The maximum absolute atomic E-state index is 5.39. The van der Waals surface area contributed by atoms with E-state index in [1.54, 1.807) is 21.3 Å². The molecule has 0 aliphatic carbocycles. The smallest absolute Gasteiger partial charge is 0.191 e. The Hall–Kier alpha value is -2.21. The molecule has 2 rings (SSSR count). The lowest BCUT2D eigenvalue weighted by atomic mass is 10.2. The van der Waals surface area contributed by atoms with Crippen molar-refractivity contribution < 1.29 is 9.47 Å². The molecule has 2 aromatic rings. The molecule has 0 bridgehead atoms. The largest absolute Gasteiger partial charge is 0.496 e. The Balaban J connectivity index is 1.97. The normalized spacial score (nSPS) is 11.1. The number of para-hydroxylation sites is 1. The van der Waals surface area contributed by atoms with Crippen LogP contribution in [0.4, 0.5) is 0 Å². The molecular formula is C18H22BrN3O2. The van der Waals surface area contributed by atoms with E-state index in [0.29, 0.717) is 19.0 Å². The Morgan fingerprint density at radius 1 is 0.958 bits per heavy atom. The zero-order valence-corrected chi connectivity index (χ0v) is 15.7. The van der Waals surface area contributed by atoms with Crippen LogP contribution in [0.3, 0.4) is 0 Å². The Kier molecular flexibility index (Phi) is 6.93. The number of hydrogen-bond donors (Lipinski definition) is 2. The van der Waals surface area contributed by atoms with Gasteiger partial charge in [-0.3, -0.25) is 4.99 Å². The molecule has 128 valence electrons. The molecule has 0 aliphatic rings. The topological polar surface area (TPSA) is 54.9 Å². The van der Waals surface area contributed by atoms with Gasteiger partial charge in [-0.15, -0.1) is 0 Å². The summed E-state index contributed by atoms with van der Waals surface area (Å²) >= 11 is 3.48. The number of aliphatic imine (C=N–C) groups is 1. The molecule has 0 heterocycles. The van der Waals surface area contributed by atoms with E-state index in [2.05, 4.69) is 31.6 Å². The van der Waals surface area contributed by atoms with Gasteiger partial charge in [-0.2, -0.15) is 0 Å². The second kappa shape index (κ2) is 9.17. The van der Waals surface area contributed by atoms with Crippen LogP contribution in [0.5, 0.6) is 11.5 Å². The summed E-state index contributed by atoms with van der Waals surface area (Å²) < 4.78 is 11.8. The van der Waals surface area contributed by atoms with Gasteiger partial charge in [0.25, 0.3) is 0 Å². The van der Waals surface area contributed by atoms with Gasteiger partial charge in [-0.25, -0.2) is 0 Å². The molecule has 0 radical (unpaired) electrons. The highest BCUT2D eigenvalue weighted by molar-refractivity contribution is 9.10. The summed E-state index contributed by atoms with van der Waals surface area (Å²) in [4.78, 5) is 4.25. The lowest BCUT2D eigenvalue weighted by Gasteiger charge is -2.15. The standard InChI is InChI=1S/C18H22BrN3O2/c1-20-18(21-11-13-6-4-5-7-16(13)23-2)22-12-14-10-15(19)8-9-17(14)24-3/h4-10H,11-12H2,1-3H3,(H2,20,21,22). The molecule has 0 spiro atoms. The van der Waals surface area contributed by atoms with Gasteiger partial charge >= 0.3 is 0 Å². The molecule has 0 aliphatic heterocycles. The predicted octanol–water partition coefficient (Wildman–Crippen LogP) is 3.33. The van der Waals surface area contributed by atoms with Crippen LogP contribution in [-0.4, -0.2) is 27.2 Å². The third-order valence-corrected chi connectivity index (χ3v) is 4.04. The molecule has 0 atom stereocenters. The van der Waals surface area contributed by atoms with E-state index in [9.17, 15) is 0 Å². The van der Waals surface area contributed by atoms with Crippen LogP contribution in [0.1, 0.15) is 11.1 Å². The van der Waals surface area contributed by atoms with Gasteiger partial charge in [-0.05, 0) is 24.3 Å². The number of nitrogens with one attached hydrogen (secondary N) is 2. The molecule has 2 aromatic carbocycles. The fraction of sp³-hybridized carbons (Fsp3) is 0.278. The third kappa shape index (κ3) is 4.89. The fourth-order valence-corrected chi connectivity index (χ4v) is 2.72. The summed E-state index contributed by atoms with van der Waals surface area (Å²) in [6.07, 6.45) is 0. The number of halogens is 1. The van der Waals surface area contributed by atoms with Crippen LogP contribution in [0.25, 0.3) is 0 Å². The molecule has 0 amide bonds. The molecule has 0 fully saturated rings. The molecule has 6 heteroatoms. The second-order valence-electron chi connectivity index (χ2n) is 5.05. The minimum absolute atomic E-state index is 0.605. The summed E-state index contributed by atoms with van der Waals surface area (Å²) in [7, 11) is 5.09. The van der Waals surface area contributed by atoms with Gasteiger partial charge in [0.05, 0.1) is 14.2 Å².